The molecule has 3 heteroatoms. The third-order valence-corrected chi connectivity index (χ3v) is 2.22. The Labute approximate surface area is 97.0 Å². The molecule has 0 aromatic heterocycles. The van der Waals surface area contributed by atoms with Gasteiger partial charge in [0.15, 0.2) is 5.79 Å². The summed E-state index contributed by atoms with van der Waals surface area (Å²) in [6.07, 6.45) is 1.53. The highest BCUT2D eigenvalue weighted by Crippen LogP contribution is 2.13. The number of hydrogen-bond acceptors (Lipinski definition) is 3. The standard InChI is InChI=1S/C13H20O3/c1-3-9-13(2,14)16-11-10-15-12-7-5-4-6-8-12/h4-8,14H,3,9-11H2,1-2H3. The van der Waals surface area contributed by atoms with E-state index in [-0.39, 0.29) is 0 Å². The molecule has 1 unspecified atom stereocenters. The summed E-state index contributed by atoms with van der Waals surface area (Å²) in [5, 5.41) is 9.73. The summed E-state index contributed by atoms with van der Waals surface area (Å²) in [6, 6.07) is 9.57. The van der Waals surface area contributed by atoms with Crippen LogP contribution in [-0.4, -0.2) is 24.1 Å². The lowest BCUT2D eigenvalue weighted by atomic mass is 10.2. The molecule has 1 rings (SSSR count). The van der Waals surface area contributed by atoms with Crippen LogP contribution in [-0.2, 0) is 4.74 Å². The van der Waals surface area contributed by atoms with Crippen LogP contribution < -0.4 is 4.74 Å². The van der Waals surface area contributed by atoms with Crippen molar-refractivity contribution in [2.75, 3.05) is 13.2 Å². The van der Waals surface area contributed by atoms with Crippen molar-refractivity contribution in [3.05, 3.63) is 30.3 Å². The summed E-state index contributed by atoms with van der Waals surface area (Å²) < 4.78 is 10.8. The summed E-state index contributed by atoms with van der Waals surface area (Å²) in [5.41, 5.74) is 0. The van der Waals surface area contributed by atoms with Crippen LogP contribution in [0.25, 0.3) is 0 Å². The molecule has 0 bridgehead atoms. The van der Waals surface area contributed by atoms with E-state index in [1.807, 2.05) is 37.3 Å². The van der Waals surface area contributed by atoms with Crippen LogP contribution in [0, 0.1) is 0 Å². The Balaban J connectivity index is 2.17. The van der Waals surface area contributed by atoms with Crippen LogP contribution in [0.4, 0.5) is 0 Å². The maximum atomic E-state index is 9.73. The lowest BCUT2D eigenvalue weighted by Crippen LogP contribution is -2.29. The second kappa shape index (κ2) is 6.51. The highest BCUT2D eigenvalue weighted by molar-refractivity contribution is 5.20. The molecule has 0 saturated heterocycles. The van der Waals surface area contributed by atoms with Crippen LogP contribution in [0.2, 0.25) is 0 Å². The molecule has 0 aliphatic heterocycles. The third kappa shape index (κ3) is 5.14. The summed E-state index contributed by atoms with van der Waals surface area (Å²) in [6.45, 7) is 4.53. The molecule has 0 aliphatic carbocycles. The van der Waals surface area contributed by atoms with Crippen molar-refractivity contribution in [3.8, 4) is 5.75 Å². The minimum absolute atomic E-state index is 0.391. The van der Waals surface area contributed by atoms with Gasteiger partial charge in [-0.15, -0.1) is 0 Å². The fraction of sp³-hybridized carbons (Fsp3) is 0.538. The highest BCUT2D eigenvalue weighted by atomic mass is 16.6. The van der Waals surface area contributed by atoms with Crippen LogP contribution in [0.15, 0.2) is 30.3 Å². The molecule has 16 heavy (non-hydrogen) atoms. The Hall–Kier alpha value is -1.06. The smallest absolute Gasteiger partial charge is 0.162 e. The summed E-state index contributed by atoms with van der Waals surface area (Å²) in [7, 11) is 0. The van der Waals surface area contributed by atoms with Gasteiger partial charge in [0.2, 0.25) is 0 Å². The van der Waals surface area contributed by atoms with E-state index in [1.165, 1.54) is 0 Å². The molecule has 0 spiro atoms. The number of aliphatic hydroxyl groups is 1. The number of para-hydroxylation sites is 1. The first-order valence-electron chi connectivity index (χ1n) is 5.68. The zero-order valence-corrected chi connectivity index (χ0v) is 9.98. The minimum Gasteiger partial charge on any atom is -0.491 e. The monoisotopic (exact) mass is 224 g/mol. The average Bonchev–Trinajstić information content (AvgIpc) is 2.26. The molecule has 0 fully saturated rings. The second-order valence-electron chi connectivity index (χ2n) is 3.93. The molecular formula is C13H20O3. The van der Waals surface area contributed by atoms with Crippen molar-refractivity contribution >= 4 is 0 Å². The number of hydrogen-bond donors (Lipinski definition) is 1. The summed E-state index contributed by atoms with van der Waals surface area (Å²) >= 11 is 0. The number of benzene rings is 1. The first-order chi connectivity index (χ1) is 7.64. The Morgan fingerprint density at radius 1 is 1.19 bits per heavy atom. The molecule has 0 saturated carbocycles. The molecule has 1 aromatic carbocycles. The minimum atomic E-state index is -1.03. The molecule has 0 amide bonds. The maximum absolute atomic E-state index is 9.73. The van der Waals surface area contributed by atoms with Gasteiger partial charge in [-0.25, -0.2) is 0 Å². The normalized spacial score (nSPS) is 14.4. The topological polar surface area (TPSA) is 38.7 Å². The van der Waals surface area contributed by atoms with Gasteiger partial charge in [-0.1, -0.05) is 31.5 Å². The van der Waals surface area contributed by atoms with Crippen LogP contribution >= 0.6 is 0 Å². The van der Waals surface area contributed by atoms with Crippen molar-refractivity contribution in [1.82, 2.24) is 0 Å². The van der Waals surface area contributed by atoms with E-state index in [9.17, 15) is 5.11 Å². The van der Waals surface area contributed by atoms with Crippen LogP contribution in [0.3, 0.4) is 0 Å². The van der Waals surface area contributed by atoms with E-state index in [0.29, 0.717) is 19.6 Å². The van der Waals surface area contributed by atoms with E-state index in [2.05, 4.69) is 0 Å². The number of rotatable bonds is 7. The molecule has 90 valence electrons. The van der Waals surface area contributed by atoms with Gasteiger partial charge in [0.1, 0.15) is 12.4 Å². The van der Waals surface area contributed by atoms with E-state index in [0.717, 1.165) is 12.2 Å². The van der Waals surface area contributed by atoms with Gasteiger partial charge in [0.05, 0.1) is 6.61 Å². The van der Waals surface area contributed by atoms with Gasteiger partial charge in [-0.05, 0) is 19.1 Å². The predicted molar refractivity (Wildman–Crippen MR) is 63.4 cm³/mol. The van der Waals surface area contributed by atoms with E-state index in [4.69, 9.17) is 9.47 Å². The Morgan fingerprint density at radius 3 is 2.50 bits per heavy atom. The first kappa shape index (κ1) is 13.0. The van der Waals surface area contributed by atoms with Gasteiger partial charge in [0, 0.05) is 6.42 Å². The Morgan fingerprint density at radius 2 is 1.88 bits per heavy atom. The van der Waals surface area contributed by atoms with Gasteiger partial charge in [-0.3, -0.25) is 0 Å². The SMILES string of the molecule is CCCC(C)(O)OCCOc1ccccc1. The number of ether oxygens (including phenoxy) is 2. The molecule has 1 aromatic rings. The van der Waals surface area contributed by atoms with Crippen molar-refractivity contribution in [2.45, 2.75) is 32.5 Å². The molecule has 0 radical (unpaired) electrons. The summed E-state index contributed by atoms with van der Waals surface area (Å²) in [4.78, 5) is 0. The lowest BCUT2D eigenvalue weighted by molar-refractivity contribution is -0.197. The van der Waals surface area contributed by atoms with Crippen molar-refractivity contribution in [2.24, 2.45) is 0 Å². The van der Waals surface area contributed by atoms with Crippen molar-refractivity contribution in [3.63, 3.8) is 0 Å². The fourth-order valence-corrected chi connectivity index (χ4v) is 1.47. The fourth-order valence-electron chi connectivity index (χ4n) is 1.47. The average molecular weight is 224 g/mol. The van der Waals surface area contributed by atoms with Crippen molar-refractivity contribution in [1.29, 1.82) is 0 Å². The summed E-state index contributed by atoms with van der Waals surface area (Å²) in [5.74, 6) is -0.212. The largest absolute Gasteiger partial charge is 0.491 e. The Kier molecular flexibility index (Phi) is 5.29. The van der Waals surface area contributed by atoms with Gasteiger partial charge in [0.25, 0.3) is 0 Å². The van der Waals surface area contributed by atoms with E-state index in [1.54, 1.807) is 6.92 Å². The zero-order valence-electron chi connectivity index (χ0n) is 9.98. The molecule has 0 heterocycles. The van der Waals surface area contributed by atoms with E-state index < -0.39 is 5.79 Å². The van der Waals surface area contributed by atoms with Gasteiger partial charge in [-0.2, -0.15) is 0 Å². The molecule has 0 aliphatic rings. The van der Waals surface area contributed by atoms with E-state index >= 15 is 0 Å². The predicted octanol–water partition coefficient (Wildman–Crippen LogP) is 2.59. The second-order valence-corrected chi connectivity index (χ2v) is 3.93. The first-order valence-corrected chi connectivity index (χ1v) is 5.68. The molecule has 1 N–H and O–H groups in total. The Bertz CT molecular complexity index is 282. The third-order valence-electron chi connectivity index (χ3n) is 2.22. The zero-order chi connectivity index (χ0) is 11.9. The quantitative estimate of drug-likeness (QED) is 0.571. The van der Waals surface area contributed by atoms with Crippen LogP contribution in [0.1, 0.15) is 26.7 Å². The van der Waals surface area contributed by atoms with Gasteiger partial charge < -0.3 is 14.6 Å². The molecule has 1 atom stereocenters. The maximum Gasteiger partial charge on any atom is 0.162 e. The molecule has 3 nitrogen and oxygen atoms in total. The molecular weight excluding hydrogens is 204 g/mol. The van der Waals surface area contributed by atoms with Crippen molar-refractivity contribution < 1.29 is 14.6 Å². The highest BCUT2D eigenvalue weighted by Gasteiger charge is 2.18. The van der Waals surface area contributed by atoms with Crippen LogP contribution in [0.5, 0.6) is 5.75 Å². The van der Waals surface area contributed by atoms with Gasteiger partial charge >= 0.3 is 0 Å². The lowest BCUT2D eigenvalue weighted by Gasteiger charge is -2.23.